The van der Waals surface area contributed by atoms with E-state index in [9.17, 15) is 18.0 Å². The molecule has 2 N–H and O–H groups in total. The monoisotopic (exact) mass is 278 g/mol. The number of carbonyl (C=O) groups is 1. The van der Waals surface area contributed by atoms with Crippen LogP contribution in [0.2, 0.25) is 0 Å². The predicted octanol–water partition coefficient (Wildman–Crippen LogP) is 0.928. The summed E-state index contributed by atoms with van der Waals surface area (Å²) in [6.45, 7) is 2.57. The van der Waals surface area contributed by atoms with Crippen molar-refractivity contribution in [3.8, 4) is 0 Å². The summed E-state index contributed by atoms with van der Waals surface area (Å²) in [6, 6.07) is 0.978. The van der Waals surface area contributed by atoms with Crippen LogP contribution >= 0.6 is 0 Å². The van der Waals surface area contributed by atoms with E-state index in [4.69, 9.17) is 0 Å². The standard InChI is InChI=1S/C11H17F3N4O/c1-8(6-18-5-3-4-16-18)17-9(2)10(19)15-7-11(12,13)14/h3-5,8-9,17H,6-7H2,1-2H3,(H,15,19)/t8-,9-/m0/s1. The van der Waals surface area contributed by atoms with Gasteiger partial charge in [0.25, 0.3) is 0 Å². The van der Waals surface area contributed by atoms with Crippen LogP contribution in [0.25, 0.3) is 0 Å². The van der Waals surface area contributed by atoms with Gasteiger partial charge in [-0.15, -0.1) is 0 Å². The second-order valence-corrected chi connectivity index (χ2v) is 4.35. The van der Waals surface area contributed by atoms with Gasteiger partial charge < -0.3 is 10.6 Å². The van der Waals surface area contributed by atoms with Crippen LogP contribution in [0.1, 0.15) is 13.8 Å². The summed E-state index contributed by atoms with van der Waals surface area (Å²) < 4.78 is 37.5. The number of aromatic nitrogens is 2. The summed E-state index contributed by atoms with van der Waals surface area (Å²) in [5.74, 6) is -0.676. The second-order valence-electron chi connectivity index (χ2n) is 4.35. The maximum atomic E-state index is 11.9. The molecule has 0 spiro atoms. The van der Waals surface area contributed by atoms with Crippen molar-refractivity contribution >= 4 is 5.91 Å². The lowest BCUT2D eigenvalue weighted by Gasteiger charge is -2.20. The number of halogens is 3. The van der Waals surface area contributed by atoms with Gasteiger partial charge in [-0.3, -0.25) is 9.48 Å². The lowest BCUT2D eigenvalue weighted by atomic mass is 10.2. The first-order chi connectivity index (χ1) is 8.78. The molecule has 1 rings (SSSR count). The topological polar surface area (TPSA) is 59.0 Å². The molecule has 0 fully saturated rings. The molecule has 0 aliphatic rings. The van der Waals surface area contributed by atoms with Gasteiger partial charge >= 0.3 is 6.18 Å². The first kappa shape index (κ1) is 15.5. The van der Waals surface area contributed by atoms with Crippen LogP contribution in [0.4, 0.5) is 13.2 Å². The molecule has 0 aliphatic carbocycles. The normalized spacial score (nSPS) is 15.0. The Morgan fingerprint density at radius 2 is 2.11 bits per heavy atom. The quantitative estimate of drug-likeness (QED) is 0.814. The highest BCUT2D eigenvalue weighted by Crippen LogP contribution is 2.12. The van der Waals surface area contributed by atoms with Crippen molar-refractivity contribution in [3.63, 3.8) is 0 Å². The third kappa shape index (κ3) is 6.23. The molecular weight excluding hydrogens is 261 g/mol. The molecule has 2 atom stereocenters. The van der Waals surface area contributed by atoms with E-state index in [1.165, 1.54) is 6.92 Å². The van der Waals surface area contributed by atoms with Crippen LogP contribution < -0.4 is 10.6 Å². The van der Waals surface area contributed by atoms with E-state index < -0.39 is 24.7 Å². The molecule has 1 aromatic rings. The fraction of sp³-hybridized carbons (Fsp3) is 0.636. The van der Waals surface area contributed by atoms with Crippen molar-refractivity contribution in [3.05, 3.63) is 18.5 Å². The highest BCUT2D eigenvalue weighted by atomic mass is 19.4. The third-order valence-corrected chi connectivity index (χ3v) is 2.41. The SMILES string of the molecule is C[C@H](N[C@@H](C)Cn1cccn1)C(=O)NCC(F)(F)F. The van der Waals surface area contributed by atoms with E-state index in [-0.39, 0.29) is 6.04 Å². The Bertz CT molecular complexity index is 391. The van der Waals surface area contributed by atoms with Crippen molar-refractivity contribution in [2.75, 3.05) is 6.54 Å². The van der Waals surface area contributed by atoms with Gasteiger partial charge in [-0.05, 0) is 19.9 Å². The maximum Gasteiger partial charge on any atom is 0.405 e. The molecule has 0 saturated heterocycles. The Morgan fingerprint density at radius 3 is 2.63 bits per heavy atom. The summed E-state index contributed by atoms with van der Waals surface area (Å²) in [6.07, 6.45) is -0.991. The van der Waals surface area contributed by atoms with Gasteiger partial charge in [0.15, 0.2) is 0 Å². The predicted molar refractivity (Wildman–Crippen MR) is 63.4 cm³/mol. The minimum absolute atomic E-state index is 0.0912. The molecule has 1 heterocycles. The first-order valence-electron chi connectivity index (χ1n) is 5.86. The van der Waals surface area contributed by atoms with Crippen LogP contribution in [0.5, 0.6) is 0 Å². The van der Waals surface area contributed by atoms with E-state index in [2.05, 4.69) is 10.4 Å². The molecule has 1 aromatic heterocycles. The number of rotatable bonds is 6. The fourth-order valence-electron chi connectivity index (χ4n) is 1.58. The second kappa shape index (κ2) is 6.55. The summed E-state index contributed by atoms with van der Waals surface area (Å²) in [5.41, 5.74) is 0. The van der Waals surface area contributed by atoms with Gasteiger partial charge in [-0.25, -0.2) is 0 Å². The molecule has 1 amide bonds. The van der Waals surface area contributed by atoms with Gasteiger partial charge in [-0.2, -0.15) is 18.3 Å². The summed E-state index contributed by atoms with van der Waals surface area (Å²) in [5, 5.41) is 8.76. The Labute approximate surface area is 109 Å². The third-order valence-electron chi connectivity index (χ3n) is 2.41. The summed E-state index contributed by atoms with van der Waals surface area (Å²) >= 11 is 0. The number of hydrogen-bond donors (Lipinski definition) is 2. The summed E-state index contributed by atoms with van der Waals surface area (Å²) in [4.78, 5) is 11.4. The zero-order valence-electron chi connectivity index (χ0n) is 10.7. The Balaban J connectivity index is 2.33. The Kier molecular flexibility index (Phi) is 5.34. The van der Waals surface area contributed by atoms with Crippen molar-refractivity contribution in [2.45, 2.75) is 38.7 Å². The molecule has 0 bridgehead atoms. The molecular formula is C11H17F3N4O. The van der Waals surface area contributed by atoms with Crippen molar-refractivity contribution in [1.29, 1.82) is 0 Å². The van der Waals surface area contributed by atoms with Crippen molar-refractivity contribution in [2.24, 2.45) is 0 Å². The average Bonchev–Trinajstić information content (AvgIpc) is 2.77. The molecule has 0 saturated carbocycles. The maximum absolute atomic E-state index is 11.9. The Hall–Kier alpha value is -1.57. The number of amides is 1. The molecule has 0 aromatic carbocycles. The zero-order valence-corrected chi connectivity index (χ0v) is 10.7. The molecule has 0 unspecified atom stereocenters. The van der Waals surface area contributed by atoms with Crippen LogP contribution in [0.3, 0.4) is 0 Å². The summed E-state index contributed by atoms with van der Waals surface area (Å²) in [7, 11) is 0. The number of nitrogens with zero attached hydrogens (tertiary/aromatic N) is 2. The highest BCUT2D eigenvalue weighted by molar-refractivity contribution is 5.81. The number of nitrogens with one attached hydrogen (secondary N) is 2. The van der Waals surface area contributed by atoms with Crippen LogP contribution in [-0.4, -0.2) is 40.5 Å². The molecule has 108 valence electrons. The van der Waals surface area contributed by atoms with Gasteiger partial charge in [-0.1, -0.05) is 0 Å². The lowest BCUT2D eigenvalue weighted by Crippen LogP contribution is -2.48. The van der Waals surface area contributed by atoms with Crippen LogP contribution in [-0.2, 0) is 11.3 Å². The fourth-order valence-corrected chi connectivity index (χ4v) is 1.58. The van der Waals surface area contributed by atoms with Gasteiger partial charge in [0, 0.05) is 18.4 Å². The van der Waals surface area contributed by atoms with E-state index >= 15 is 0 Å². The minimum atomic E-state index is -4.39. The number of hydrogen-bond acceptors (Lipinski definition) is 3. The van der Waals surface area contributed by atoms with Crippen molar-refractivity contribution in [1.82, 2.24) is 20.4 Å². The van der Waals surface area contributed by atoms with E-state index in [0.717, 1.165) is 0 Å². The van der Waals surface area contributed by atoms with Crippen LogP contribution in [0.15, 0.2) is 18.5 Å². The first-order valence-corrected chi connectivity index (χ1v) is 5.86. The molecule has 0 radical (unpaired) electrons. The number of carbonyl (C=O) groups excluding carboxylic acids is 1. The van der Waals surface area contributed by atoms with E-state index in [1.807, 2.05) is 12.2 Å². The molecule has 19 heavy (non-hydrogen) atoms. The van der Waals surface area contributed by atoms with E-state index in [1.54, 1.807) is 23.1 Å². The largest absolute Gasteiger partial charge is 0.405 e. The lowest BCUT2D eigenvalue weighted by molar-refractivity contribution is -0.139. The highest BCUT2D eigenvalue weighted by Gasteiger charge is 2.28. The minimum Gasteiger partial charge on any atom is -0.346 e. The number of alkyl halides is 3. The zero-order chi connectivity index (χ0) is 14.5. The van der Waals surface area contributed by atoms with Gasteiger partial charge in [0.1, 0.15) is 6.54 Å². The molecule has 8 heteroatoms. The smallest absolute Gasteiger partial charge is 0.346 e. The van der Waals surface area contributed by atoms with Crippen LogP contribution in [0, 0.1) is 0 Å². The van der Waals surface area contributed by atoms with E-state index in [0.29, 0.717) is 6.54 Å². The van der Waals surface area contributed by atoms with Crippen molar-refractivity contribution < 1.29 is 18.0 Å². The Morgan fingerprint density at radius 1 is 1.42 bits per heavy atom. The molecule has 0 aliphatic heterocycles. The molecule has 5 nitrogen and oxygen atoms in total. The average molecular weight is 278 g/mol. The van der Waals surface area contributed by atoms with Gasteiger partial charge in [0.2, 0.25) is 5.91 Å². The van der Waals surface area contributed by atoms with Gasteiger partial charge in [0.05, 0.1) is 12.6 Å².